The number of thioether (sulfide) groups is 1. The van der Waals surface area contributed by atoms with E-state index in [4.69, 9.17) is 9.47 Å². The van der Waals surface area contributed by atoms with Gasteiger partial charge in [0.25, 0.3) is 11.8 Å². The third kappa shape index (κ3) is 7.32. The Bertz CT molecular complexity index is 792. The molecule has 0 aliphatic carbocycles. The highest BCUT2D eigenvalue weighted by Gasteiger charge is 2.44. The third-order valence-corrected chi connectivity index (χ3v) is 7.14. The molecule has 1 aliphatic rings. The van der Waals surface area contributed by atoms with E-state index in [1.165, 1.54) is 58.1 Å². The first-order valence-electron chi connectivity index (χ1n) is 11.7. The van der Waals surface area contributed by atoms with Crippen molar-refractivity contribution in [3.05, 3.63) is 35.4 Å². The maximum absolute atomic E-state index is 12.9. The lowest BCUT2D eigenvalue weighted by atomic mass is 10.1. The summed E-state index contributed by atoms with van der Waals surface area (Å²) in [5.41, 5.74) is 0.496. The van der Waals surface area contributed by atoms with Crippen molar-refractivity contribution in [1.29, 1.82) is 0 Å². The van der Waals surface area contributed by atoms with Crippen LogP contribution in [-0.2, 0) is 19.1 Å². The standard InChI is InChI=1S/C25H35NO6S/c1-4-5-6-7-8-9-10-13-16-33-21(25(30)32-3)17-20(24(29)31-2)26-22(27)18-14-11-12-15-19(18)23(26)28/h11-12,14-15,20-21H,4-10,13,16-17H2,1-3H3/t20-,21+/m0/s1. The number of carbonyl (C=O) groups excluding carboxylic acids is 4. The number of benzene rings is 1. The minimum Gasteiger partial charge on any atom is -0.468 e. The van der Waals surface area contributed by atoms with E-state index in [9.17, 15) is 19.2 Å². The molecule has 2 amide bonds. The van der Waals surface area contributed by atoms with Gasteiger partial charge in [-0.25, -0.2) is 4.79 Å². The first-order valence-corrected chi connectivity index (χ1v) is 12.7. The summed E-state index contributed by atoms with van der Waals surface area (Å²) in [7, 11) is 2.50. The number of methoxy groups -OCH3 is 2. The first-order chi connectivity index (χ1) is 16.0. The van der Waals surface area contributed by atoms with Crippen molar-refractivity contribution >= 4 is 35.5 Å². The number of ether oxygens (including phenoxy) is 2. The molecule has 0 radical (unpaired) electrons. The average molecular weight is 478 g/mol. The van der Waals surface area contributed by atoms with Crippen molar-refractivity contribution < 1.29 is 28.7 Å². The lowest BCUT2D eigenvalue weighted by Crippen LogP contribution is -2.47. The van der Waals surface area contributed by atoms with Gasteiger partial charge in [0.15, 0.2) is 0 Å². The van der Waals surface area contributed by atoms with Gasteiger partial charge in [0, 0.05) is 6.42 Å². The van der Waals surface area contributed by atoms with Crippen molar-refractivity contribution in [2.45, 2.75) is 76.0 Å². The molecule has 0 spiro atoms. The van der Waals surface area contributed by atoms with E-state index in [0.29, 0.717) is 0 Å². The van der Waals surface area contributed by atoms with Crippen LogP contribution in [0.4, 0.5) is 0 Å². The molecule has 0 unspecified atom stereocenters. The van der Waals surface area contributed by atoms with Crippen LogP contribution in [0.5, 0.6) is 0 Å². The summed E-state index contributed by atoms with van der Waals surface area (Å²) in [5.74, 6) is -1.59. The summed E-state index contributed by atoms with van der Waals surface area (Å²) < 4.78 is 9.82. The summed E-state index contributed by atoms with van der Waals surface area (Å²) in [6, 6.07) is 5.24. The molecule has 2 atom stereocenters. The van der Waals surface area contributed by atoms with Gasteiger partial charge >= 0.3 is 11.9 Å². The van der Waals surface area contributed by atoms with Gasteiger partial charge in [0.1, 0.15) is 11.3 Å². The Morgan fingerprint density at radius 2 is 1.36 bits per heavy atom. The number of amides is 2. The number of hydrogen-bond donors (Lipinski definition) is 0. The van der Waals surface area contributed by atoms with Gasteiger partial charge in [-0.2, -0.15) is 0 Å². The Morgan fingerprint density at radius 3 is 1.88 bits per heavy atom. The molecule has 1 aromatic rings. The normalized spacial score (nSPS) is 14.7. The van der Waals surface area contributed by atoms with Gasteiger partial charge in [-0.05, 0) is 24.3 Å². The second kappa shape index (κ2) is 14.0. The largest absolute Gasteiger partial charge is 0.468 e. The molecule has 0 saturated carbocycles. The van der Waals surface area contributed by atoms with Crippen LogP contribution in [0.3, 0.4) is 0 Å². The van der Waals surface area contributed by atoms with Crippen LogP contribution in [0.25, 0.3) is 0 Å². The molecule has 1 heterocycles. The number of imide groups is 1. The van der Waals surface area contributed by atoms with Gasteiger partial charge < -0.3 is 9.47 Å². The minimum absolute atomic E-state index is 0.0491. The van der Waals surface area contributed by atoms with Gasteiger partial charge in [0.2, 0.25) is 0 Å². The van der Waals surface area contributed by atoms with Crippen molar-refractivity contribution in [1.82, 2.24) is 4.90 Å². The summed E-state index contributed by atoms with van der Waals surface area (Å²) in [5, 5.41) is -0.687. The van der Waals surface area contributed by atoms with Gasteiger partial charge in [-0.3, -0.25) is 19.3 Å². The molecule has 8 heteroatoms. The second-order valence-corrected chi connectivity index (χ2v) is 9.47. The molecule has 2 rings (SSSR count). The molecule has 1 aromatic carbocycles. The first kappa shape index (κ1) is 26.9. The number of unbranched alkanes of at least 4 members (excludes halogenated alkanes) is 7. The average Bonchev–Trinajstić information content (AvgIpc) is 3.09. The summed E-state index contributed by atoms with van der Waals surface area (Å²) in [6.45, 7) is 2.20. The highest BCUT2D eigenvalue weighted by molar-refractivity contribution is 8.00. The Balaban J connectivity index is 1.99. The molecule has 7 nitrogen and oxygen atoms in total. The van der Waals surface area contributed by atoms with Crippen molar-refractivity contribution in [3.63, 3.8) is 0 Å². The Labute approximate surface area is 200 Å². The summed E-state index contributed by atoms with van der Waals surface area (Å²) >= 11 is 1.40. The molecule has 0 N–H and O–H groups in total. The Morgan fingerprint density at radius 1 is 0.848 bits per heavy atom. The van der Waals surface area contributed by atoms with Crippen LogP contribution in [0.2, 0.25) is 0 Å². The Kier molecular flexibility index (Phi) is 11.4. The maximum Gasteiger partial charge on any atom is 0.329 e. The minimum atomic E-state index is -1.20. The molecule has 0 bridgehead atoms. The zero-order valence-corrected chi connectivity index (χ0v) is 20.7. The van der Waals surface area contributed by atoms with Crippen molar-refractivity contribution in [2.24, 2.45) is 0 Å². The van der Waals surface area contributed by atoms with Crippen LogP contribution in [0, 0.1) is 0 Å². The highest BCUT2D eigenvalue weighted by Crippen LogP contribution is 2.29. The predicted octanol–water partition coefficient (Wildman–Crippen LogP) is 4.63. The molecule has 0 aromatic heterocycles. The zero-order valence-electron chi connectivity index (χ0n) is 19.8. The fraction of sp³-hybridized carbons (Fsp3) is 0.600. The molecule has 0 fully saturated rings. The quantitative estimate of drug-likeness (QED) is 0.207. The second-order valence-electron chi connectivity index (χ2n) is 8.16. The lowest BCUT2D eigenvalue weighted by Gasteiger charge is -2.26. The van der Waals surface area contributed by atoms with Crippen molar-refractivity contribution in [2.75, 3.05) is 20.0 Å². The smallest absolute Gasteiger partial charge is 0.329 e. The highest BCUT2D eigenvalue weighted by atomic mass is 32.2. The van der Waals surface area contributed by atoms with Gasteiger partial charge in [0.05, 0.1) is 25.3 Å². The molecule has 33 heavy (non-hydrogen) atoms. The van der Waals surface area contributed by atoms with Crippen LogP contribution in [0.15, 0.2) is 24.3 Å². The van der Waals surface area contributed by atoms with Crippen molar-refractivity contribution in [3.8, 4) is 0 Å². The molecular weight excluding hydrogens is 442 g/mol. The number of fused-ring (bicyclic) bond motifs is 1. The summed E-state index contributed by atoms with van der Waals surface area (Å²) in [4.78, 5) is 51.7. The van der Waals surface area contributed by atoms with Crippen LogP contribution >= 0.6 is 11.8 Å². The predicted molar refractivity (Wildman–Crippen MR) is 128 cm³/mol. The fourth-order valence-corrected chi connectivity index (χ4v) is 5.17. The monoisotopic (exact) mass is 477 g/mol. The van der Waals surface area contributed by atoms with E-state index in [2.05, 4.69) is 6.92 Å². The summed E-state index contributed by atoms with van der Waals surface area (Å²) in [6.07, 6.45) is 9.40. The number of esters is 2. The number of hydrogen-bond acceptors (Lipinski definition) is 7. The number of rotatable bonds is 15. The lowest BCUT2D eigenvalue weighted by molar-refractivity contribution is -0.146. The molecule has 0 saturated heterocycles. The van der Waals surface area contributed by atoms with Gasteiger partial charge in [-0.15, -0.1) is 11.8 Å². The molecule has 1 aliphatic heterocycles. The molecule has 182 valence electrons. The van der Waals surface area contributed by atoms with Crippen LogP contribution in [-0.4, -0.2) is 59.9 Å². The number of nitrogens with zero attached hydrogens (tertiary/aromatic N) is 1. The van der Waals surface area contributed by atoms with E-state index >= 15 is 0 Å². The zero-order chi connectivity index (χ0) is 24.2. The van der Waals surface area contributed by atoms with E-state index in [1.807, 2.05) is 0 Å². The SMILES string of the molecule is CCCCCCCCCCS[C@H](C[C@@H](C(=O)OC)N1C(=O)c2ccccc2C1=O)C(=O)OC. The number of carbonyl (C=O) groups is 4. The van der Waals surface area contributed by atoms with E-state index in [1.54, 1.807) is 24.3 Å². The van der Waals surface area contributed by atoms with Crippen LogP contribution < -0.4 is 0 Å². The van der Waals surface area contributed by atoms with Crippen LogP contribution in [0.1, 0.15) is 85.4 Å². The topological polar surface area (TPSA) is 90.0 Å². The third-order valence-electron chi connectivity index (χ3n) is 5.83. The molecular formula is C25H35NO6S. The van der Waals surface area contributed by atoms with E-state index in [0.717, 1.165) is 29.9 Å². The van der Waals surface area contributed by atoms with E-state index in [-0.39, 0.29) is 17.5 Å². The van der Waals surface area contributed by atoms with Gasteiger partial charge in [-0.1, -0.05) is 64.0 Å². The van der Waals surface area contributed by atoms with E-state index < -0.39 is 35.0 Å². The fourth-order valence-electron chi connectivity index (χ4n) is 3.96. The Hall–Kier alpha value is -2.35. The maximum atomic E-state index is 12.9.